The second-order valence-corrected chi connectivity index (χ2v) is 19.3. The van der Waals surface area contributed by atoms with Gasteiger partial charge in [-0.15, -0.1) is 0 Å². The fourth-order valence-electron chi connectivity index (χ4n) is 16.1. The molecule has 9 aliphatic rings. The molecule has 16 atom stereocenters. The molecule has 16 unspecified atom stereocenters. The highest BCUT2D eigenvalue weighted by atomic mass is 15.3. The zero-order chi connectivity index (χ0) is 32.2. The second-order valence-electron chi connectivity index (χ2n) is 19.3. The zero-order valence-electron chi connectivity index (χ0n) is 30.4. The highest BCUT2D eigenvalue weighted by Gasteiger charge is 2.63. The van der Waals surface area contributed by atoms with Crippen LogP contribution in [0.4, 0.5) is 0 Å². The molecule has 2 heterocycles. The quantitative estimate of drug-likeness (QED) is 0.303. The second kappa shape index (κ2) is 14.1. The van der Waals surface area contributed by atoms with E-state index in [-0.39, 0.29) is 0 Å². The van der Waals surface area contributed by atoms with Crippen molar-refractivity contribution in [2.75, 3.05) is 0 Å². The lowest BCUT2D eigenvalue weighted by Crippen LogP contribution is -2.53. The van der Waals surface area contributed by atoms with E-state index in [4.69, 9.17) is 0 Å². The molecule has 48 heavy (non-hydrogen) atoms. The van der Waals surface area contributed by atoms with E-state index in [2.05, 4.69) is 21.9 Å². The molecular formula is C44H68N4. The van der Waals surface area contributed by atoms with Crippen LogP contribution >= 0.6 is 0 Å². The molecular weight excluding hydrogens is 585 g/mol. The first-order valence-electron chi connectivity index (χ1n) is 22.1. The van der Waals surface area contributed by atoms with Gasteiger partial charge in [0.15, 0.2) is 0 Å². The van der Waals surface area contributed by atoms with Gasteiger partial charge in [-0.1, -0.05) is 77.0 Å². The van der Waals surface area contributed by atoms with Crippen LogP contribution in [0.3, 0.4) is 0 Å². The molecule has 0 radical (unpaired) electrons. The monoisotopic (exact) mass is 653 g/mol. The summed E-state index contributed by atoms with van der Waals surface area (Å²) in [4.78, 5) is 6.59. The number of fused-ring (bicyclic) bond motifs is 7. The summed E-state index contributed by atoms with van der Waals surface area (Å²) in [5.74, 6) is 7.47. The molecule has 4 heteroatoms. The molecule has 7 aliphatic carbocycles. The lowest BCUT2D eigenvalue weighted by atomic mass is 9.61. The van der Waals surface area contributed by atoms with Crippen LogP contribution < -0.4 is 0 Å². The van der Waals surface area contributed by atoms with Crippen LogP contribution in [0.25, 0.3) is 0 Å². The summed E-state index contributed by atoms with van der Waals surface area (Å²) in [6, 6.07) is 10.6. The number of nitrogens with zero attached hydrogens (tertiary/aromatic N) is 4. The van der Waals surface area contributed by atoms with Gasteiger partial charge in [0.25, 0.3) is 0 Å². The van der Waals surface area contributed by atoms with Gasteiger partial charge in [0.2, 0.25) is 0 Å². The van der Waals surface area contributed by atoms with Gasteiger partial charge < -0.3 is 0 Å². The standard InChI is InChI=1S/C44H68N4/c45-27-31-11-1-3-17-35(31)29-13-9-15-33(25-29)47-39-21-7-5-19-37(39)43-41(47)23-24-42-44(43)38-20-6-8-22-40(38)48(42)34-16-10-14-30(26-34)36-18-4-2-12-32(36)28-46/h29-44H,1-26H2. The maximum atomic E-state index is 10.1. The third-order valence-corrected chi connectivity index (χ3v) is 17.6. The van der Waals surface area contributed by atoms with E-state index >= 15 is 0 Å². The van der Waals surface area contributed by atoms with Crippen molar-refractivity contribution in [1.29, 1.82) is 10.5 Å². The maximum Gasteiger partial charge on any atom is 0.0658 e. The SMILES string of the molecule is N#CC1CCCCC1C1CCCC(N2C3CCCCC3C3C4C5CCCCC5N(C5CCCC(C6CCCCC6C#N)C5)C4CCC32)C1. The van der Waals surface area contributed by atoms with Gasteiger partial charge >= 0.3 is 0 Å². The maximum absolute atomic E-state index is 10.1. The fraction of sp³-hybridized carbons (Fsp3) is 0.955. The number of rotatable bonds is 4. The fourth-order valence-corrected chi connectivity index (χ4v) is 16.1. The Labute approximate surface area is 294 Å². The molecule has 0 N–H and O–H groups in total. The molecule has 264 valence electrons. The average Bonchev–Trinajstić information content (AvgIpc) is 3.68. The third kappa shape index (κ3) is 5.64. The van der Waals surface area contributed by atoms with Crippen molar-refractivity contribution < 1.29 is 0 Å². The van der Waals surface area contributed by atoms with Crippen LogP contribution in [0.5, 0.6) is 0 Å². The summed E-state index contributed by atoms with van der Waals surface area (Å²) in [7, 11) is 0. The van der Waals surface area contributed by atoms with Crippen LogP contribution in [0.1, 0.15) is 167 Å². The van der Waals surface area contributed by atoms with Crippen LogP contribution in [0.15, 0.2) is 0 Å². The number of hydrogen-bond donors (Lipinski definition) is 0. The summed E-state index contributed by atoms with van der Waals surface area (Å²) >= 11 is 0. The van der Waals surface area contributed by atoms with Gasteiger partial charge in [-0.25, -0.2) is 0 Å². The first-order valence-corrected chi connectivity index (χ1v) is 22.1. The van der Waals surface area contributed by atoms with Crippen molar-refractivity contribution in [1.82, 2.24) is 9.80 Å². The van der Waals surface area contributed by atoms with E-state index in [0.717, 1.165) is 71.8 Å². The van der Waals surface area contributed by atoms with E-state index in [1.807, 2.05) is 0 Å². The Bertz CT molecular complexity index is 1110. The van der Waals surface area contributed by atoms with Crippen molar-refractivity contribution in [3.05, 3.63) is 0 Å². The van der Waals surface area contributed by atoms with Crippen LogP contribution in [0.2, 0.25) is 0 Å². The summed E-state index contributed by atoms with van der Waals surface area (Å²) in [5, 5.41) is 20.2. The minimum atomic E-state index is 0.336. The van der Waals surface area contributed by atoms with Crippen molar-refractivity contribution >= 4 is 0 Å². The molecule has 0 bridgehead atoms. The van der Waals surface area contributed by atoms with E-state index in [1.165, 1.54) is 167 Å². The van der Waals surface area contributed by atoms with Gasteiger partial charge in [0, 0.05) is 48.1 Å². The van der Waals surface area contributed by atoms with Crippen LogP contribution in [-0.4, -0.2) is 46.1 Å². The molecule has 0 amide bonds. The van der Waals surface area contributed by atoms with Gasteiger partial charge in [-0.2, -0.15) is 10.5 Å². The first-order chi connectivity index (χ1) is 23.7. The lowest BCUT2D eigenvalue weighted by Gasteiger charge is -2.49. The zero-order valence-corrected chi connectivity index (χ0v) is 30.4. The smallest absolute Gasteiger partial charge is 0.0658 e. The van der Waals surface area contributed by atoms with Gasteiger partial charge in [-0.05, 0) is 137 Å². The Balaban J connectivity index is 0.979. The van der Waals surface area contributed by atoms with Crippen molar-refractivity contribution in [2.24, 2.45) is 59.2 Å². The van der Waals surface area contributed by atoms with Crippen LogP contribution in [-0.2, 0) is 0 Å². The van der Waals surface area contributed by atoms with Crippen molar-refractivity contribution in [3.8, 4) is 12.1 Å². The Kier molecular flexibility index (Phi) is 9.66. The van der Waals surface area contributed by atoms with Crippen LogP contribution in [0, 0.1) is 81.8 Å². The Morgan fingerprint density at radius 2 is 0.750 bits per heavy atom. The predicted molar refractivity (Wildman–Crippen MR) is 193 cm³/mol. The predicted octanol–water partition coefficient (Wildman–Crippen LogP) is 10.3. The van der Waals surface area contributed by atoms with E-state index in [1.54, 1.807) is 0 Å². The summed E-state index contributed by atoms with van der Waals surface area (Å²) in [6.45, 7) is 0. The van der Waals surface area contributed by atoms with Crippen molar-refractivity contribution in [3.63, 3.8) is 0 Å². The van der Waals surface area contributed by atoms with E-state index in [0.29, 0.717) is 23.7 Å². The highest BCUT2D eigenvalue weighted by Crippen LogP contribution is 2.61. The average molecular weight is 653 g/mol. The third-order valence-electron chi connectivity index (χ3n) is 17.6. The topological polar surface area (TPSA) is 54.1 Å². The van der Waals surface area contributed by atoms with Gasteiger partial charge in [-0.3, -0.25) is 9.80 Å². The molecule has 7 saturated carbocycles. The van der Waals surface area contributed by atoms with Gasteiger partial charge in [0.1, 0.15) is 0 Å². The number of nitriles is 2. The molecule has 0 aromatic carbocycles. The largest absolute Gasteiger partial charge is 0.294 e. The number of likely N-dealkylation sites (tertiary alicyclic amines) is 2. The molecule has 9 rings (SSSR count). The summed E-state index contributed by atoms with van der Waals surface area (Å²) in [5.41, 5.74) is 0. The minimum absolute atomic E-state index is 0.336. The minimum Gasteiger partial charge on any atom is -0.294 e. The summed E-state index contributed by atoms with van der Waals surface area (Å²) in [6.07, 6.45) is 36.5. The summed E-state index contributed by atoms with van der Waals surface area (Å²) < 4.78 is 0. The van der Waals surface area contributed by atoms with E-state index in [9.17, 15) is 10.5 Å². The van der Waals surface area contributed by atoms with Gasteiger partial charge in [0.05, 0.1) is 12.1 Å². The highest BCUT2D eigenvalue weighted by molar-refractivity contribution is 5.16. The molecule has 0 spiro atoms. The normalized spacial score (nSPS) is 51.5. The molecule has 2 aliphatic heterocycles. The van der Waals surface area contributed by atoms with E-state index < -0.39 is 0 Å². The lowest BCUT2D eigenvalue weighted by molar-refractivity contribution is 0.000500. The number of hydrogen-bond acceptors (Lipinski definition) is 4. The molecule has 2 saturated heterocycles. The molecule has 9 fully saturated rings. The molecule has 0 aromatic heterocycles. The Morgan fingerprint density at radius 1 is 0.354 bits per heavy atom. The Morgan fingerprint density at radius 3 is 1.19 bits per heavy atom. The molecule has 4 nitrogen and oxygen atoms in total. The Hall–Kier alpha value is -1.10. The van der Waals surface area contributed by atoms with Crippen molar-refractivity contribution in [2.45, 2.75) is 203 Å². The first kappa shape index (κ1) is 32.8. The molecule has 0 aromatic rings.